The van der Waals surface area contributed by atoms with E-state index in [1.165, 1.54) is 0 Å². The summed E-state index contributed by atoms with van der Waals surface area (Å²) in [6.07, 6.45) is 5.55. The van der Waals surface area contributed by atoms with Crippen molar-refractivity contribution in [2.75, 3.05) is 0 Å². The molecule has 0 saturated heterocycles. The molecule has 1 unspecified atom stereocenters. The lowest BCUT2D eigenvalue weighted by Crippen LogP contribution is -2.36. The Bertz CT molecular complexity index is 206. The fourth-order valence-electron chi connectivity index (χ4n) is 1.44. The summed E-state index contributed by atoms with van der Waals surface area (Å²) in [6.45, 7) is 7.92. The molecule has 0 radical (unpaired) electrons. The molecular weight excluding hydrogens is 152 g/mol. The largest absolute Gasteiger partial charge is 0.251 e. The van der Waals surface area contributed by atoms with Gasteiger partial charge in [0.1, 0.15) is 5.60 Å². The molecule has 1 atom stereocenters. The minimum absolute atomic E-state index is 0.284. The van der Waals surface area contributed by atoms with Crippen molar-refractivity contribution in [2.24, 2.45) is 5.92 Å². The van der Waals surface area contributed by atoms with Gasteiger partial charge in [-0.05, 0) is 24.8 Å². The van der Waals surface area contributed by atoms with Crippen LogP contribution in [0.1, 0.15) is 26.7 Å². The zero-order chi connectivity index (χ0) is 9.19. The van der Waals surface area contributed by atoms with Crippen LogP contribution in [0.15, 0.2) is 24.3 Å². The number of allylic oxidation sites excluding steroid dienone is 2. The predicted molar refractivity (Wildman–Crippen MR) is 48.8 cm³/mol. The van der Waals surface area contributed by atoms with Crippen LogP contribution in [-0.2, 0) is 4.89 Å². The van der Waals surface area contributed by atoms with Crippen molar-refractivity contribution in [1.82, 2.24) is 0 Å². The molecule has 0 amide bonds. The van der Waals surface area contributed by atoms with Crippen molar-refractivity contribution in [2.45, 2.75) is 32.3 Å². The summed E-state index contributed by atoms with van der Waals surface area (Å²) in [6, 6.07) is 0. The third-order valence-corrected chi connectivity index (χ3v) is 2.59. The van der Waals surface area contributed by atoms with E-state index in [1.54, 1.807) is 0 Å². The lowest BCUT2D eigenvalue weighted by Gasteiger charge is -2.33. The first-order valence-electron chi connectivity index (χ1n) is 4.30. The van der Waals surface area contributed by atoms with E-state index in [-0.39, 0.29) is 5.92 Å². The third-order valence-electron chi connectivity index (χ3n) is 2.59. The lowest BCUT2D eigenvalue weighted by atomic mass is 9.81. The van der Waals surface area contributed by atoms with Gasteiger partial charge in [0, 0.05) is 0 Å². The van der Waals surface area contributed by atoms with Crippen molar-refractivity contribution in [1.29, 1.82) is 0 Å². The van der Waals surface area contributed by atoms with Gasteiger partial charge in [-0.1, -0.05) is 32.1 Å². The monoisotopic (exact) mass is 168 g/mol. The molecule has 0 spiro atoms. The predicted octanol–water partition coefficient (Wildman–Crippen LogP) is 2.78. The highest BCUT2D eigenvalue weighted by atomic mass is 17.1. The van der Waals surface area contributed by atoms with E-state index in [2.05, 4.69) is 11.5 Å². The van der Waals surface area contributed by atoms with Gasteiger partial charge in [-0.3, -0.25) is 5.26 Å². The molecule has 0 heterocycles. The van der Waals surface area contributed by atoms with Gasteiger partial charge in [0.05, 0.1) is 0 Å². The molecule has 0 aromatic rings. The standard InChI is InChI=1S/C10H16O2/c1-8(2)10(12-11)6-4-9(3)5-7-10/h4,6,8,11H,3,5,7H2,1-2H3. The van der Waals surface area contributed by atoms with E-state index in [0.717, 1.165) is 18.4 Å². The summed E-state index contributed by atoms with van der Waals surface area (Å²) in [5.74, 6) is 0.284. The summed E-state index contributed by atoms with van der Waals surface area (Å²) in [5, 5.41) is 8.82. The molecule has 0 aliphatic heterocycles. The summed E-state index contributed by atoms with van der Waals surface area (Å²) in [7, 11) is 0. The van der Waals surface area contributed by atoms with Crippen LogP contribution in [0.3, 0.4) is 0 Å². The third kappa shape index (κ3) is 1.59. The van der Waals surface area contributed by atoms with Crippen molar-refractivity contribution in [3.63, 3.8) is 0 Å². The van der Waals surface area contributed by atoms with Crippen LogP contribution in [0.25, 0.3) is 0 Å². The molecule has 2 heteroatoms. The second-order valence-electron chi connectivity index (χ2n) is 3.69. The Balaban J connectivity index is 2.82. The van der Waals surface area contributed by atoms with Gasteiger partial charge in [0.15, 0.2) is 0 Å². The van der Waals surface area contributed by atoms with Gasteiger partial charge in [-0.25, -0.2) is 4.89 Å². The first-order chi connectivity index (χ1) is 5.60. The van der Waals surface area contributed by atoms with E-state index in [1.807, 2.05) is 26.0 Å². The van der Waals surface area contributed by atoms with Crippen LogP contribution in [0.4, 0.5) is 0 Å². The number of rotatable bonds is 2. The maximum Gasteiger partial charge on any atom is 0.124 e. The zero-order valence-corrected chi connectivity index (χ0v) is 7.71. The Kier molecular flexibility index (Phi) is 2.70. The van der Waals surface area contributed by atoms with Crippen LogP contribution in [-0.4, -0.2) is 10.9 Å². The average molecular weight is 168 g/mol. The van der Waals surface area contributed by atoms with Gasteiger partial charge in [0.2, 0.25) is 0 Å². The molecule has 68 valence electrons. The van der Waals surface area contributed by atoms with Gasteiger partial charge in [0.25, 0.3) is 0 Å². The SMILES string of the molecule is C=C1C=CC(OO)(C(C)C)CC1. The molecule has 0 aromatic carbocycles. The summed E-state index contributed by atoms with van der Waals surface area (Å²) >= 11 is 0. The quantitative estimate of drug-likeness (QED) is 0.507. The van der Waals surface area contributed by atoms with Gasteiger partial charge < -0.3 is 0 Å². The molecular formula is C10H16O2. The zero-order valence-electron chi connectivity index (χ0n) is 7.71. The first-order valence-corrected chi connectivity index (χ1v) is 4.30. The molecule has 0 fully saturated rings. The highest BCUT2D eigenvalue weighted by molar-refractivity contribution is 5.24. The Morgan fingerprint density at radius 1 is 1.67 bits per heavy atom. The molecule has 1 rings (SSSR count). The minimum Gasteiger partial charge on any atom is -0.251 e. The van der Waals surface area contributed by atoms with Gasteiger partial charge in [-0.15, -0.1) is 0 Å². The van der Waals surface area contributed by atoms with Crippen molar-refractivity contribution >= 4 is 0 Å². The molecule has 0 aromatic heterocycles. The summed E-state index contributed by atoms with van der Waals surface area (Å²) in [4.78, 5) is 4.56. The van der Waals surface area contributed by atoms with Gasteiger partial charge >= 0.3 is 0 Å². The van der Waals surface area contributed by atoms with E-state index in [4.69, 9.17) is 5.26 Å². The maximum atomic E-state index is 8.82. The molecule has 2 nitrogen and oxygen atoms in total. The fourth-order valence-corrected chi connectivity index (χ4v) is 1.44. The van der Waals surface area contributed by atoms with Crippen LogP contribution in [0, 0.1) is 5.92 Å². The topological polar surface area (TPSA) is 29.5 Å². The smallest absolute Gasteiger partial charge is 0.124 e. The average Bonchev–Trinajstić information content (AvgIpc) is 2.06. The van der Waals surface area contributed by atoms with Crippen LogP contribution in [0.2, 0.25) is 0 Å². The molecule has 1 N–H and O–H groups in total. The maximum absolute atomic E-state index is 8.82. The van der Waals surface area contributed by atoms with E-state index in [9.17, 15) is 0 Å². The molecule has 0 saturated carbocycles. The van der Waals surface area contributed by atoms with Gasteiger partial charge in [-0.2, -0.15) is 0 Å². The summed E-state index contributed by atoms with van der Waals surface area (Å²) in [5.41, 5.74) is 0.615. The van der Waals surface area contributed by atoms with Crippen molar-refractivity contribution in [3.05, 3.63) is 24.3 Å². The Morgan fingerprint density at radius 2 is 2.33 bits per heavy atom. The molecule has 1 aliphatic rings. The van der Waals surface area contributed by atoms with E-state index < -0.39 is 5.60 Å². The highest BCUT2D eigenvalue weighted by Gasteiger charge is 2.34. The van der Waals surface area contributed by atoms with Crippen molar-refractivity contribution < 1.29 is 10.1 Å². The second-order valence-corrected chi connectivity index (χ2v) is 3.69. The fraction of sp³-hybridized carbons (Fsp3) is 0.600. The molecule has 1 aliphatic carbocycles. The van der Waals surface area contributed by atoms with Crippen LogP contribution < -0.4 is 0 Å². The minimum atomic E-state index is -0.485. The Morgan fingerprint density at radius 3 is 2.67 bits per heavy atom. The second kappa shape index (κ2) is 3.42. The van der Waals surface area contributed by atoms with Crippen LogP contribution >= 0.6 is 0 Å². The Labute approximate surface area is 73.5 Å². The molecule has 0 bridgehead atoms. The van der Waals surface area contributed by atoms with E-state index in [0.29, 0.717) is 0 Å². The Hall–Kier alpha value is -0.600. The lowest BCUT2D eigenvalue weighted by molar-refractivity contribution is -0.321. The van der Waals surface area contributed by atoms with Crippen molar-refractivity contribution in [3.8, 4) is 0 Å². The number of hydrogen-bond donors (Lipinski definition) is 1. The highest BCUT2D eigenvalue weighted by Crippen LogP contribution is 2.33. The normalized spacial score (nSPS) is 29.8. The first kappa shape index (κ1) is 9.49. The molecule has 12 heavy (non-hydrogen) atoms. The van der Waals surface area contributed by atoms with Crippen LogP contribution in [0.5, 0.6) is 0 Å². The van der Waals surface area contributed by atoms with E-state index >= 15 is 0 Å². The number of hydrogen-bond acceptors (Lipinski definition) is 2. The summed E-state index contributed by atoms with van der Waals surface area (Å²) < 4.78 is 0.